The van der Waals surface area contributed by atoms with Crippen LogP contribution in [0.25, 0.3) is 0 Å². The van der Waals surface area contributed by atoms with Gasteiger partial charge >= 0.3 is 0 Å². The molecule has 1 atom stereocenters. The minimum atomic E-state index is 0.695. The Balaban J connectivity index is 1.57. The van der Waals surface area contributed by atoms with Crippen LogP contribution in [0, 0.1) is 20.8 Å². The largest absolute Gasteiger partial charge is 0.309 e. The number of likely N-dealkylation sites (tertiary alicyclic amines) is 1. The van der Waals surface area contributed by atoms with Gasteiger partial charge in [0.05, 0.1) is 0 Å². The molecule has 2 heteroatoms. The van der Waals surface area contributed by atoms with E-state index < -0.39 is 0 Å². The molecule has 1 N–H and O–H groups in total. The molecular weight excluding hydrogens is 232 g/mol. The zero-order chi connectivity index (χ0) is 13.4. The molecule has 1 unspecified atom stereocenters. The number of rotatable bonds is 4. The van der Waals surface area contributed by atoms with Gasteiger partial charge in [-0.25, -0.2) is 0 Å². The van der Waals surface area contributed by atoms with E-state index in [9.17, 15) is 0 Å². The van der Waals surface area contributed by atoms with Crippen molar-refractivity contribution in [1.29, 1.82) is 0 Å². The topological polar surface area (TPSA) is 15.3 Å². The molecule has 3 rings (SSSR count). The highest BCUT2D eigenvalue weighted by atomic mass is 15.2. The maximum Gasteiger partial charge on any atom is 0.0213 e. The Morgan fingerprint density at radius 3 is 2.42 bits per heavy atom. The third-order valence-corrected chi connectivity index (χ3v) is 4.69. The predicted molar refractivity (Wildman–Crippen MR) is 80.5 cm³/mol. The molecule has 0 amide bonds. The van der Waals surface area contributed by atoms with Crippen LogP contribution >= 0.6 is 0 Å². The lowest BCUT2D eigenvalue weighted by Crippen LogP contribution is -2.33. The highest BCUT2D eigenvalue weighted by molar-refractivity contribution is 5.37. The molecule has 1 aromatic carbocycles. The standard InChI is InChI=1S/C17H26N2/c1-12-8-13(2)17(14(3)9-12)10-18-15-6-7-19(11-15)16-4-5-16/h8-9,15-16,18H,4-7,10-11H2,1-3H3. The summed E-state index contributed by atoms with van der Waals surface area (Å²) >= 11 is 0. The van der Waals surface area contributed by atoms with E-state index in [4.69, 9.17) is 0 Å². The first-order valence-corrected chi connectivity index (χ1v) is 7.67. The van der Waals surface area contributed by atoms with Gasteiger partial charge in [0, 0.05) is 31.7 Å². The summed E-state index contributed by atoms with van der Waals surface area (Å²) in [5, 5.41) is 3.77. The summed E-state index contributed by atoms with van der Waals surface area (Å²) in [6.45, 7) is 10.2. The lowest BCUT2D eigenvalue weighted by Gasteiger charge is -2.18. The fourth-order valence-corrected chi connectivity index (χ4v) is 3.46. The van der Waals surface area contributed by atoms with Crippen LogP contribution in [0.2, 0.25) is 0 Å². The van der Waals surface area contributed by atoms with E-state index in [2.05, 4.69) is 43.1 Å². The van der Waals surface area contributed by atoms with Crippen molar-refractivity contribution in [3.63, 3.8) is 0 Å². The molecule has 1 aromatic rings. The molecule has 1 aliphatic heterocycles. The van der Waals surface area contributed by atoms with Crippen LogP contribution in [0.5, 0.6) is 0 Å². The molecule has 1 saturated carbocycles. The number of hydrogen-bond acceptors (Lipinski definition) is 2. The van der Waals surface area contributed by atoms with E-state index in [1.165, 1.54) is 54.6 Å². The Morgan fingerprint density at radius 1 is 1.11 bits per heavy atom. The van der Waals surface area contributed by atoms with Crippen LogP contribution in [-0.2, 0) is 6.54 Å². The molecule has 1 aliphatic carbocycles. The van der Waals surface area contributed by atoms with Gasteiger partial charge < -0.3 is 5.32 Å². The van der Waals surface area contributed by atoms with Crippen molar-refractivity contribution in [2.75, 3.05) is 13.1 Å². The minimum Gasteiger partial charge on any atom is -0.309 e. The summed E-state index contributed by atoms with van der Waals surface area (Å²) in [5.74, 6) is 0. The van der Waals surface area contributed by atoms with E-state index in [1.807, 2.05) is 0 Å². The smallest absolute Gasteiger partial charge is 0.0213 e. The van der Waals surface area contributed by atoms with Crippen molar-refractivity contribution in [3.8, 4) is 0 Å². The van der Waals surface area contributed by atoms with Gasteiger partial charge in [0.2, 0.25) is 0 Å². The molecule has 0 aromatic heterocycles. The second-order valence-electron chi connectivity index (χ2n) is 6.47. The van der Waals surface area contributed by atoms with Crippen LogP contribution in [0.15, 0.2) is 12.1 Å². The van der Waals surface area contributed by atoms with Gasteiger partial charge in [-0.3, -0.25) is 4.90 Å². The molecule has 104 valence electrons. The van der Waals surface area contributed by atoms with Crippen molar-refractivity contribution in [3.05, 3.63) is 34.4 Å². The molecule has 19 heavy (non-hydrogen) atoms. The van der Waals surface area contributed by atoms with Gasteiger partial charge in [0.15, 0.2) is 0 Å². The number of aryl methyl sites for hydroxylation is 3. The van der Waals surface area contributed by atoms with Crippen molar-refractivity contribution in [1.82, 2.24) is 10.2 Å². The van der Waals surface area contributed by atoms with Crippen molar-refractivity contribution >= 4 is 0 Å². The predicted octanol–water partition coefficient (Wildman–Crippen LogP) is 2.94. The van der Waals surface area contributed by atoms with Crippen molar-refractivity contribution < 1.29 is 0 Å². The molecule has 2 nitrogen and oxygen atoms in total. The molecule has 0 bridgehead atoms. The fourth-order valence-electron chi connectivity index (χ4n) is 3.46. The average molecular weight is 258 g/mol. The third kappa shape index (κ3) is 3.01. The van der Waals surface area contributed by atoms with Crippen LogP contribution in [0.1, 0.15) is 41.5 Å². The number of benzene rings is 1. The zero-order valence-corrected chi connectivity index (χ0v) is 12.5. The summed E-state index contributed by atoms with van der Waals surface area (Å²) < 4.78 is 0. The highest BCUT2D eigenvalue weighted by Crippen LogP contribution is 2.30. The molecule has 0 radical (unpaired) electrons. The van der Waals surface area contributed by atoms with Crippen LogP contribution < -0.4 is 5.32 Å². The highest BCUT2D eigenvalue weighted by Gasteiger charge is 2.34. The Kier molecular flexibility index (Phi) is 3.64. The lowest BCUT2D eigenvalue weighted by molar-refractivity contribution is 0.317. The van der Waals surface area contributed by atoms with E-state index in [0.717, 1.165) is 12.6 Å². The van der Waals surface area contributed by atoms with Gasteiger partial charge in [0.25, 0.3) is 0 Å². The maximum absolute atomic E-state index is 3.77. The second-order valence-corrected chi connectivity index (χ2v) is 6.47. The molecule has 2 aliphatic rings. The first-order valence-electron chi connectivity index (χ1n) is 7.67. The van der Waals surface area contributed by atoms with E-state index in [1.54, 1.807) is 0 Å². The first-order chi connectivity index (χ1) is 9.13. The summed E-state index contributed by atoms with van der Waals surface area (Å²) in [4.78, 5) is 2.67. The summed E-state index contributed by atoms with van der Waals surface area (Å²) in [6.07, 6.45) is 4.19. The van der Waals surface area contributed by atoms with Crippen molar-refractivity contribution in [2.45, 2.75) is 58.7 Å². The number of nitrogens with one attached hydrogen (secondary N) is 1. The van der Waals surface area contributed by atoms with Gasteiger partial charge in [0.1, 0.15) is 0 Å². The SMILES string of the molecule is Cc1cc(C)c(CNC2CCN(C3CC3)C2)c(C)c1. The zero-order valence-electron chi connectivity index (χ0n) is 12.5. The normalized spacial score (nSPS) is 24.1. The van der Waals surface area contributed by atoms with Crippen LogP contribution in [0.4, 0.5) is 0 Å². The molecule has 1 heterocycles. The Hall–Kier alpha value is -0.860. The third-order valence-electron chi connectivity index (χ3n) is 4.69. The Morgan fingerprint density at radius 2 is 1.79 bits per heavy atom. The van der Waals surface area contributed by atoms with E-state index in [-0.39, 0.29) is 0 Å². The number of nitrogens with zero attached hydrogens (tertiary/aromatic N) is 1. The van der Waals surface area contributed by atoms with Crippen LogP contribution in [-0.4, -0.2) is 30.1 Å². The summed E-state index contributed by atoms with van der Waals surface area (Å²) in [7, 11) is 0. The van der Waals surface area contributed by atoms with Gasteiger partial charge in [-0.15, -0.1) is 0 Å². The lowest BCUT2D eigenvalue weighted by atomic mass is 9.99. The Labute approximate surface area is 117 Å². The molecular formula is C17H26N2. The second kappa shape index (κ2) is 5.26. The average Bonchev–Trinajstić information content (AvgIpc) is 3.08. The van der Waals surface area contributed by atoms with Gasteiger partial charge in [-0.1, -0.05) is 17.7 Å². The number of hydrogen-bond donors (Lipinski definition) is 1. The monoisotopic (exact) mass is 258 g/mol. The van der Waals surface area contributed by atoms with Gasteiger partial charge in [-0.05, 0) is 56.7 Å². The molecule has 2 fully saturated rings. The van der Waals surface area contributed by atoms with Gasteiger partial charge in [-0.2, -0.15) is 0 Å². The molecule has 1 saturated heterocycles. The van der Waals surface area contributed by atoms with E-state index >= 15 is 0 Å². The maximum atomic E-state index is 3.77. The van der Waals surface area contributed by atoms with E-state index in [0.29, 0.717) is 6.04 Å². The summed E-state index contributed by atoms with van der Waals surface area (Å²) in [5.41, 5.74) is 5.74. The minimum absolute atomic E-state index is 0.695. The fraction of sp³-hybridized carbons (Fsp3) is 0.647. The first kappa shape index (κ1) is 13.1. The quantitative estimate of drug-likeness (QED) is 0.893. The Bertz CT molecular complexity index is 439. The van der Waals surface area contributed by atoms with Crippen molar-refractivity contribution in [2.24, 2.45) is 0 Å². The summed E-state index contributed by atoms with van der Waals surface area (Å²) in [6, 6.07) is 6.22. The van der Waals surface area contributed by atoms with Crippen LogP contribution in [0.3, 0.4) is 0 Å². The molecule has 0 spiro atoms.